The number of rotatable bonds is 8. The SMILES string of the molecule is COc1cccc(N2CCN(Cc3ccc(-c4ccc(NC(=O)Nc5cc(C(C)(C)C)ccc5OC)c5ccccc45)cn3)CC2)c1. The summed E-state index contributed by atoms with van der Waals surface area (Å²) in [6, 6.07) is 30.2. The second-order valence-electron chi connectivity index (χ2n) is 13.0. The van der Waals surface area contributed by atoms with Crippen LogP contribution in [0.15, 0.2) is 97.2 Å². The number of pyridine rings is 1. The Morgan fingerprint density at radius 3 is 2.26 bits per heavy atom. The number of fused-ring (bicyclic) bond motifs is 1. The topological polar surface area (TPSA) is 79.0 Å². The van der Waals surface area contributed by atoms with Gasteiger partial charge in [-0.2, -0.15) is 0 Å². The molecule has 0 unspecified atom stereocenters. The zero-order valence-electron chi connectivity index (χ0n) is 27.8. The fraction of sp³-hybridized carbons (Fsp3) is 0.282. The Balaban J connectivity index is 1.13. The summed E-state index contributed by atoms with van der Waals surface area (Å²) in [7, 11) is 3.31. The van der Waals surface area contributed by atoms with Gasteiger partial charge >= 0.3 is 6.03 Å². The Kier molecular flexibility index (Phi) is 9.31. The predicted octanol–water partition coefficient (Wildman–Crippen LogP) is 8.18. The number of anilines is 3. The summed E-state index contributed by atoms with van der Waals surface area (Å²) < 4.78 is 10.9. The maximum absolute atomic E-state index is 13.2. The molecule has 0 spiro atoms. The first kappa shape index (κ1) is 31.9. The van der Waals surface area contributed by atoms with E-state index in [1.165, 1.54) is 5.69 Å². The number of nitrogens with one attached hydrogen (secondary N) is 2. The highest BCUT2D eigenvalue weighted by Crippen LogP contribution is 2.35. The largest absolute Gasteiger partial charge is 0.497 e. The normalized spacial score (nSPS) is 13.8. The average Bonchev–Trinajstić information content (AvgIpc) is 3.09. The van der Waals surface area contributed by atoms with E-state index in [9.17, 15) is 4.79 Å². The van der Waals surface area contributed by atoms with Crippen molar-refractivity contribution in [1.29, 1.82) is 0 Å². The third-order valence-corrected chi connectivity index (χ3v) is 8.80. The van der Waals surface area contributed by atoms with Gasteiger partial charge in [0, 0.05) is 61.6 Å². The van der Waals surface area contributed by atoms with E-state index in [1.807, 2.05) is 66.9 Å². The molecular formula is C39H43N5O3. The van der Waals surface area contributed by atoms with Gasteiger partial charge in [-0.15, -0.1) is 0 Å². The predicted molar refractivity (Wildman–Crippen MR) is 192 cm³/mol. The minimum atomic E-state index is -0.331. The van der Waals surface area contributed by atoms with Crippen molar-refractivity contribution in [2.24, 2.45) is 0 Å². The molecule has 0 saturated carbocycles. The van der Waals surface area contributed by atoms with Crippen LogP contribution in [0, 0.1) is 0 Å². The Labute approximate surface area is 277 Å². The van der Waals surface area contributed by atoms with Gasteiger partial charge in [0.15, 0.2) is 0 Å². The third kappa shape index (κ3) is 7.34. The molecule has 242 valence electrons. The van der Waals surface area contributed by atoms with Gasteiger partial charge in [0.25, 0.3) is 0 Å². The maximum Gasteiger partial charge on any atom is 0.323 e. The number of piperazine rings is 1. The second kappa shape index (κ2) is 13.7. The number of ether oxygens (including phenoxy) is 2. The molecular weight excluding hydrogens is 586 g/mol. The van der Waals surface area contributed by atoms with Crippen LogP contribution < -0.4 is 25.0 Å². The van der Waals surface area contributed by atoms with Crippen molar-refractivity contribution in [3.8, 4) is 22.6 Å². The van der Waals surface area contributed by atoms with Gasteiger partial charge in [-0.25, -0.2) is 4.79 Å². The lowest BCUT2D eigenvalue weighted by molar-refractivity contribution is 0.247. The number of methoxy groups -OCH3 is 2. The maximum atomic E-state index is 13.2. The van der Waals surface area contributed by atoms with Gasteiger partial charge < -0.3 is 25.0 Å². The van der Waals surface area contributed by atoms with Crippen LogP contribution in [0.5, 0.6) is 11.5 Å². The Morgan fingerprint density at radius 1 is 0.787 bits per heavy atom. The first-order valence-electron chi connectivity index (χ1n) is 16.1. The zero-order valence-corrected chi connectivity index (χ0v) is 27.8. The van der Waals surface area contributed by atoms with Gasteiger partial charge in [-0.1, -0.05) is 69.3 Å². The summed E-state index contributed by atoms with van der Waals surface area (Å²) in [5.74, 6) is 1.50. The quantitative estimate of drug-likeness (QED) is 0.180. The summed E-state index contributed by atoms with van der Waals surface area (Å²) in [6.07, 6.45) is 1.96. The molecule has 4 aromatic carbocycles. The van der Waals surface area contributed by atoms with E-state index in [4.69, 9.17) is 14.5 Å². The number of nitrogens with zero attached hydrogens (tertiary/aromatic N) is 3. The second-order valence-corrected chi connectivity index (χ2v) is 13.0. The highest BCUT2D eigenvalue weighted by molar-refractivity contribution is 6.10. The fourth-order valence-electron chi connectivity index (χ4n) is 6.09. The van der Waals surface area contributed by atoms with Crippen molar-refractivity contribution in [3.05, 3.63) is 108 Å². The van der Waals surface area contributed by atoms with E-state index in [1.54, 1.807) is 14.2 Å². The minimum absolute atomic E-state index is 0.0637. The van der Waals surface area contributed by atoms with Crippen LogP contribution in [0.1, 0.15) is 32.0 Å². The first-order valence-corrected chi connectivity index (χ1v) is 16.1. The average molecular weight is 630 g/mol. The van der Waals surface area contributed by atoms with Crippen LogP contribution in [0.25, 0.3) is 21.9 Å². The van der Waals surface area contributed by atoms with Crippen LogP contribution in [0.3, 0.4) is 0 Å². The summed E-state index contributed by atoms with van der Waals surface area (Å²) in [5.41, 5.74) is 6.75. The zero-order chi connectivity index (χ0) is 33.0. The molecule has 1 saturated heterocycles. The van der Waals surface area contributed by atoms with E-state index >= 15 is 0 Å². The number of hydrogen-bond donors (Lipinski definition) is 2. The van der Waals surface area contributed by atoms with Gasteiger partial charge in [-0.05, 0) is 58.3 Å². The highest BCUT2D eigenvalue weighted by Gasteiger charge is 2.20. The van der Waals surface area contributed by atoms with Crippen molar-refractivity contribution in [3.63, 3.8) is 0 Å². The molecule has 2 N–H and O–H groups in total. The van der Waals surface area contributed by atoms with E-state index in [0.717, 1.165) is 77.3 Å². The summed E-state index contributed by atoms with van der Waals surface area (Å²) in [4.78, 5) is 22.9. The molecule has 8 nitrogen and oxygen atoms in total. The molecule has 1 fully saturated rings. The summed E-state index contributed by atoms with van der Waals surface area (Å²) >= 11 is 0. The minimum Gasteiger partial charge on any atom is -0.497 e. The molecule has 6 rings (SSSR count). The van der Waals surface area contributed by atoms with Crippen molar-refractivity contribution < 1.29 is 14.3 Å². The highest BCUT2D eigenvalue weighted by atomic mass is 16.5. The summed E-state index contributed by atoms with van der Waals surface area (Å²) in [6.45, 7) is 11.1. The number of carbonyl (C=O) groups excluding carboxylic acids is 1. The van der Waals surface area contributed by atoms with Crippen LogP contribution in [0.4, 0.5) is 21.9 Å². The number of urea groups is 1. The number of hydrogen-bond acceptors (Lipinski definition) is 6. The van der Waals surface area contributed by atoms with Crippen LogP contribution in [-0.4, -0.2) is 56.3 Å². The third-order valence-electron chi connectivity index (χ3n) is 8.80. The van der Waals surface area contributed by atoms with E-state index in [2.05, 4.69) is 71.5 Å². The standard InChI is InChI=1S/C39H43N5O3/c1-39(2,3)28-14-18-37(47-5)36(23-28)42-38(45)41-35-17-16-32(33-11-6-7-12-34(33)35)27-13-15-29(40-25-27)26-43-19-21-44(22-20-43)30-9-8-10-31(24-30)46-4/h6-18,23-25H,19-22,26H2,1-5H3,(H2,41,42,45). The first-order chi connectivity index (χ1) is 22.7. The van der Waals surface area contributed by atoms with E-state index < -0.39 is 0 Å². The molecule has 1 aromatic heterocycles. The lowest BCUT2D eigenvalue weighted by Gasteiger charge is -2.36. The van der Waals surface area contributed by atoms with Crippen molar-refractivity contribution in [2.45, 2.75) is 32.7 Å². The van der Waals surface area contributed by atoms with Gasteiger partial charge in [-0.3, -0.25) is 9.88 Å². The molecule has 2 amide bonds. The molecule has 0 atom stereocenters. The Morgan fingerprint density at radius 2 is 1.55 bits per heavy atom. The number of aromatic nitrogens is 1. The molecule has 0 aliphatic carbocycles. The van der Waals surface area contributed by atoms with E-state index in [0.29, 0.717) is 11.4 Å². The number of amides is 2. The molecule has 2 heterocycles. The molecule has 1 aliphatic heterocycles. The van der Waals surface area contributed by atoms with Gasteiger partial charge in [0.1, 0.15) is 11.5 Å². The van der Waals surface area contributed by atoms with Gasteiger partial charge in [0.05, 0.1) is 31.3 Å². The fourth-order valence-corrected chi connectivity index (χ4v) is 6.09. The Hall–Kier alpha value is -5.08. The van der Waals surface area contributed by atoms with Gasteiger partial charge in [0.2, 0.25) is 0 Å². The molecule has 0 bridgehead atoms. The van der Waals surface area contributed by atoms with Crippen molar-refractivity contribution >= 4 is 33.9 Å². The number of benzene rings is 4. The lowest BCUT2D eigenvalue weighted by atomic mass is 9.87. The van der Waals surface area contributed by atoms with Crippen LogP contribution in [-0.2, 0) is 12.0 Å². The molecule has 8 heteroatoms. The molecule has 47 heavy (non-hydrogen) atoms. The van der Waals surface area contributed by atoms with Crippen LogP contribution in [0.2, 0.25) is 0 Å². The van der Waals surface area contributed by atoms with E-state index in [-0.39, 0.29) is 11.4 Å². The monoisotopic (exact) mass is 629 g/mol. The molecule has 0 radical (unpaired) electrons. The number of carbonyl (C=O) groups is 1. The Bertz CT molecular complexity index is 1860. The lowest BCUT2D eigenvalue weighted by Crippen LogP contribution is -2.46. The molecule has 1 aliphatic rings. The van der Waals surface area contributed by atoms with Crippen molar-refractivity contribution in [2.75, 3.05) is 55.9 Å². The smallest absolute Gasteiger partial charge is 0.323 e. The van der Waals surface area contributed by atoms with Crippen molar-refractivity contribution in [1.82, 2.24) is 9.88 Å². The molecule has 5 aromatic rings. The van der Waals surface area contributed by atoms with Crippen LogP contribution >= 0.6 is 0 Å². The summed E-state index contributed by atoms with van der Waals surface area (Å²) in [5, 5.41) is 8.05.